The monoisotopic (exact) mass is 252 g/mol. The number of nitrogens with one attached hydrogen (secondary N) is 2. The summed E-state index contributed by atoms with van der Waals surface area (Å²) in [6.07, 6.45) is 3.79. The Morgan fingerprint density at radius 2 is 2.00 bits per heavy atom. The van der Waals surface area contributed by atoms with Crippen molar-refractivity contribution in [1.82, 2.24) is 9.97 Å². The van der Waals surface area contributed by atoms with Crippen LogP contribution in [0.15, 0.2) is 6.33 Å². The van der Waals surface area contributed by atoms with Gasteiger partial charge in [0, 0.05) is 25.8 Å². The van der Waals surface area contributed by atoms with Crippen LogP contribution in [0.3, 0.4) is 0 Å². The van der Waals surface area contributed by atoms with Crippen molar-refractivity contribution in [3.05, 3.63) is 11.9 Å². The molecule has 0 spiro atoms. The van der Waals surface area contributed by atoms with Crippen LogP contribution in [0.5, 0.6) is 0 Å². The van der Waals surface area contributed by atoms with E-state index in [0.29, 0.717) is 0 Å². The Bertz CT molecular complexity index is 357. The van der Waals surface area contributed by atoms with E-state index in [1.165, 1.54) is 0 Å². The minimum atomic E-state index is 0.178. The Morgan fingerprint density at radius 1 is 1.28 bits per heavy atom. The molecule has 1 rings (SSSR count). The lowest BCUT2D eigenvalue weighted by molar-refractivity contribution is 0.0854. The van der Waals surface area contributed by atoms with E-state index in [1.54, 1.807) is 6.33 Å². The zero-order chi connectivity index (χ0) is 13.4. The van der Waals surface area contributed by atoms with Gasteiger partial charge in [0.15, 0.2) is 0 Å². The zero-order valence-electron chi connectivity index (χ0n) is 11.8. The summed E-state index contributed by atoms with van der Waals surface area (Å²) in [5.41, 5.74) is 1.14. The first-order valence-electron chi connectivity index (χ1n) is 6.59. The van der Waals surface area contributed by atoms with Crippen LogP contribution in [0.4, 0.5) is 11.6 Å². The molecule has 0 fully saturated rings. The third-order valence-electron chi connectivity index (χ3n) is 2.69. The summed E-state index contributed by atoms with van der Waals surface area (Å²) in [5, 5.41) is 6.45. The number of nitrogens with zero attached hydrogens (tertiary/aromatic N) is 2. The van der Waals surface area contributed by atoms with Gasteiger partial charge in [-0.05, 0) is 20.3 Å². The summed E-state index contributed by atoms with van der Waals surface area (Å²) >= 11 is 0. The molecule has 0 radical (unpaired) electrons. The summed E-state index contributed by atoms with van der Waals surface area (Å²) in [7, 11) is 1.88. The molecule has 1 aromatic heterocycles. The number of hydrogen-bond acceptors (Lipinski definition) is 5. The molecular weight excluding hydrogens is 228 g/mol. The summed E-state index contributed by atoms with van der Waals surface area (Å²) in [6, 6.07) is 0. The molecule has 5 nitrogen and oxygen atoms in total. The molecule has 1 atom stereocenters. The van der Waals surface area contributed by atoms with Crippen LogP contribution in [0.25, 0.3) is 0 Å². The summed E-state index contributed by atoms with van der Waals surface area (Å²) in [5.74, 6) is 1.81. The van der Waals surface area contributed by atoms with E-state index in [-0.39, 0.29) is 6.10 Å². The van der Waals surface area contributed by atoms with Gasteiger partial charge in [-0.3, -0.25) is 0 Å². The average Bonchev–Trinajstić information content (AvgIpc) is 2.38. The van der Waals surface area contributed by atoms with Crippen molar-refractivity contribution in [3.63, 3.8) is 0 Å². The predicted octanol–water partition coefficient (Wildman–Crippen LogP) is 2.31. The number of ether oxygens (including phenoxy) is 1. The van der Waals surface area contributed by atoms with Gasteiger partial charge in [0.2, 0.25) is 0 Å². The maximum Gasteiger partial charge on any atom is 0.134 e. The Kier molecular flexibility index (Phi) is 6.43. The van der Waals surface area contributed by atoms with Gasteiger partial charge in [0.1, 0.15) is 18.0 Å². The van der Waals surface area contributed by atoms with Crippen molar-refractivity contribution in [1.29, 1.82) is 0 Å². The normalized spacial score (nSPS) is 12.2. The van der Waals surface area contributed by atoms with E-state index in [1.807, 2.05) is 14.0 Å². The second-order valence-corrected chi connectivity index (χ2v) is 4.20. The highest BCUT2D eigenvalue weighted by Crippen LogP contribution is 2.21. The molecule has 0 amide bonds. The van der Waals surface area contributed by atoms with E-state index in [2.05, 4.69) is 34.4 Å². The van der Waals surface area contributed by atoms with Crippen LogP contribution in [-0.4, -0.2) is 36.3 Å². The van der Waals surface area contributed by atoms with Gasteiger partial charge >= 0.3 is 0 Å². The molecular formula is C13H24N4O. The molecule has 102 valence electrons. The second kappa shape index (κ2) is 7.87. The van der Waals surface area contributed by atoms with Gasteiger partial charge in [-0.2, -0.15) is 0 Å². The van der Waals surface area contributed by atoms with Crippen LogP contribution in [0.1, 0.15) is 32.8 Å². The standard InChI is InChI=1S/C13H24N4O/c1-5-7-11-12(14-4)16-9-17-13(11)15-8-10(3)18-6-2/h9-10H,5-8H2,1-4H3,(H2,14,15,16,17). The van der Waals surface area contributed by atoms with Crippen molar-refractivity contribution >= 4 is 11.6 Å². The highest BCUT2D eigenvalue weighted by atomic mass is 16.5. The largest absolute Gasteiger partial charge is 0.377 e. The quantitative estimate of drug-likeness (QED) is 0.743. The van der Waals surface area contributed by atoms with Gasteiger partial charge < -0.3 is 15.4 Å². The molecule has 0 aliphatic carbocycles. The minimum Gasteiger partial charge on any atom is -0.377 e. The fourth-order valence-electron chi connectivity index (χ4n) is 1.85. The van der Waals surface area contributed by atoms with Crippen molar-refractivity contribution in [2.75, 3.05) is 30.8 Å². The number of aromatic nitrogens is 2. The van der Waals surface area contributed by atoms with E-state index in [4.69, 9.17) is 4.74 Å². The van der Waals surface area contributed by atoms with Crippen molar-refractivity contribution in [2.24, 2.45) is 0 Å². The average molecular weight is 252 g/mol. The summed E-state index contributed by atoms with van der Waals surface area (Å²) in [6.45, 7) is 7.69. The van der Waals surface area contributed by atoms with Gasteiger partial charge in [-0.25, -0.2) is 9.97 Å². The SMILES string of the molecule is CCCc1c(NC)ncnc1NCC(C)OCC. The van der Waals surface area contributed by atoms with Crippen molar-refractivity contribution < 1.29 is 4.74 Å². The van der Waals surface area contributed by atoms with Crippen LogP contribution in [-0.2, 0) is 11.2 Å². The number of anilines is 2. The molecule has 0 aliphatic heterocycles. The first-order chi connectivity index (χ1) is 8.72. The summed E-state index contributed by atoms with van der Waals surface area (Å²) in [4.78, 5) is 8.57. The van der Waals surface area contributed by atoms with Crippen molar-refractivity contribution in [2.45, 2.75) is 39.7 Å². The summed E-state index contributed by atoms with van der Waals surface area (Å²) < 4.78 is 5.50. The molecule has 5 heteroatoms. The lowest BCUT2D eigenvalue weighted by Gasteiger charge is -2.16. The maximum atomic E-state index is 5.50. The second-order valence-electron chi connectivity index (χ2n) is 4.20. The van der Waals surface area contributed by atoms with E-state index < -0.39 is 0 Å². The van der Waals surface area contributed by atoms with Crippen LogP contribution in [0.2, 0.25) is 0 Å². The minimum absolute atomic E-state index is 0.178. The Hall–Kier alpha value is -1.36. The molecule has 0 aromatic carbocycles. The van der Waals surface area contributed by atoms with E-state index >= 15 is 0 Å². The topological polar surface area (TPSA) is 59.1 Å². The third-order valence-corrected chi connectivity index (χ3v) is 2.69. The zero-order valence-corrected chi connectivity index (χ0v) is 11.8. The Morgan fingerprint density at radius 3 is 2.61 bits per heavy atom. The molecule has 1 heterocycles. The molecule has 0 saturated carbocycles. The molecule has 0 saturated heterocycles. The van der Waals surface area contributed by atoms with E-state index in [9.17, 15) is 0 Å². The van der Waals surface area contributed by atoms with Gasteiger partial charge in [0.05, 0.1) is 6.10 Å². The van der Waals surface area contributed by atoms with Crippen LogP contribution < -0.4 is 10.6 Å². The Balaban J connectivity index is 2.74. The molecule has 2 N–H and O–H groups in total. The molecule has 1 unspecified atom stereocenters. The fourth-order valence-corrected chi connectivity index (χ4v) is 1.85. The van der Waals surface area contributed by atoms with Crippen molar-refractivity contribution in [3.8, 4) is 0 Å². The van der Waals surface area contributed by atoms with Gasteiger partial charge in [0.25, 0.3) is 0 Å². The highest BCUT2D eigenvalue weighted by Gasteiger charge is 2.10. The lowest BCUT2D eigenvalue weighted by Crippen LogP contribution is -2.21. The smallest absolute Gasteiger partial charge is 0.134 e. The fraction of sp³-hybridized carbons (Fsp3) is 0.692. The Labute approximate surface area is 109 Å². The number of hydrogen-bond donors (Lipinski definition) is 2. The van der Waals surface area contributed by atoms with Gasteiger partial charge in [-0.1, -0.05) is 13.3 Å². The highest BCUT2D eigenvalue weighted by molar-refractivity contribution is 5.57. The predicted molar refractivity (Wildman–Crippen MR) is 75.2 cm³/mol. The molecule has 0 aliphatic rings. The van der Waals surface area contributed by atoms with Crippen LogP contribution >= 0.6 is 0 Å². The van der Waals surface area contributed by atoms with Crippen LogP contribution in [0, 0.1) is 0 Å². The lowest BCUT2D eigenvalue weighted by atomic mass is 10.1. The molecule has 1 aromatic rings. The first kappa shape index (κ1) is 14.7. The first-order valence-corrected chi connectivity index (χ1v) is 6.59. The molecule has 0 bridgehead atoms. The number of rotatable bonds is 8. The third kappa shape index (κ3) is 4.14. The maximum absolute atomic E-state index is 5.50. The molecule has 18 heavy (non-hydrogen) atoms. The van der Waals surface area contributed by atoms with Gasteiger partial charge in [-0.15, -0.1) is 0 Å². The van der Waals surface area contributed by atoms with E-state index in [0.717, 1.165) is 43.2 Å².